The predicted octanol–water partition coefficient (Wildman–Crippen LogP) is 1.69. The zero-order chi connectivity index (χ0) is 13.8. The Balaban J connectivity index is 2.90. The van der Waals surface area contributed by atoms with Crippen molar-refractivity contribution < 1.29 is 14.3 Å². The smallest absolute Gasteiger partial charge is 0.251 e. The highest BCUT2D eigenvalue weighted by Gasteiger charge is 2.27. The van der Waals surface area contributed by atoms with Crippen LogP contribution in [0.4, 0.5) is 10.1 Å². The van der Waals surface area contributed by atoms with E-state index >= 15 is 0 Å². The number of aliphatic hydroxyl groups excluding tert-OH is 1. The van der Waals surface area contributed by atoms with Crippen LogP contribution in [0.1, 0.15) is 37.0 Å². The lowest BCUT2D eigenvalue weighted by Crippen LogP contribution is -2.50. The van der Waals surface area contributed by atoms with Gasteiger partial charge in [0.2, 0.25) is 0 Å². The number of rotatable bonds is 5. The van der Waals surface area contributed by atoms with E-state index in [-0.39, 0.29) is 17.9 Å². The number of nitrogens with two attached hydrogens (primary N) is 1. The molecule has 0 unspecified atom stereocenters. The second kappa shape index (κ2) is 5.82. The Bertz CT molecular complexity index is 423. The highest BCUT2D eigenvalue weighted by Crippen LogP contribution is 2.17. The van der Waals surface area contributed by atoms with Crippen molar-refractivity contribution in [2.24, 2.45) is 0 Å². The molecule has 0 saturated carbocycles. The number of hydrogen-bond acceptors (Lipinski definition) is 3. The number of halogens is 1. The number of aliphatic hydroxyl groups is 1. The molecule has 0 aliphatic rings. The largest absolute Gasteiger partial charge is 0.396 e. The van der Waals surface area contributed by atoms with Gasteiger partial charge in [0.15, 0.2) is 0 Å². The fraction of sp³-hybridized carbons (Fsp3) is 0.462. The Kier molecular flexibility index (Phi) is 4.67. The first-order valence-electron chi connectivity index (χ1n) is 5.96. The Morgan fingerprint density at radius 3 is 2.50 bits per heavy atom. The van der Waals surface area contributed by atoms with Crippen LogP contribution in [0.3, 0.4) is 0 Å². The number of carbonyl (C=O) groups excluding carboxylic acids is 1. The molecular weight excluding hydrogens is 235 g/mol. The Labute approximate surface area is 106 Å². The average molecular weight is 254 g/mol. The van der Waals surface area contributed by atoms with Crippen LogP contribution < -0.4 is 11.1 Å². The van der Waals surface area contributed by atoms with E-state index in [1.807, 2.05) is 13.8 Å². The molecule has 0 bridgehead atoms. The summed E-state index contributed by atoms with van der Waals surface area (Å²) in [6.45, 7) is 3.61. The van der Waals surface area contributed by atoms with Crippen LogP contribution in [-0.2, 0) is 0 Å². The summed E-state index contributed by atoms with van der Waals surface area (Å²) in [7, 11) is 0. The molecule has 0 saturated heterocycles. The molecule has 0 radical (unpaired) electrons. The van der Waals surface area contributed by atoms with Crippen LogP contribution in [0.2, 0.25) is 0 Å². The van der Waals surface area contributed by atoms with E-state index < -0.39 is 17.3 Å². The number of nitrogens with one attached hydrogen (secondary N) is 1. The average Bonchev–Trinajstić information content (AvgIpc) is 2.39. The zero-order valence-corrected chi connectivity index (χ0v) is 10.7. The number of amides is 1. The summed E-state index contributed by atoms with van der Waals surface area (Å²) < 4.78 is 13.3. The standard InChI is InChI=1S/C13H19FN2O2/c1-3-13(4-2,8-17)16-12(18)9-5-6-11(15)10(14)7-9/h5-7,17H,3-4,8,15H2,1-2H3,(H,16,18). The van der Waals surface area contributed by atoms with Crippen LogP contribution >= 0.6 is 0 Å². The second-order valence-corrected chi connectivity index (χ2v) is 4.34. The van der Waals surface area contributed by atoms with Gasteiger partial charge in [-0.1, -0.05) is 13.8 Å². The third-order valence-electron chi connectivity index (χ3n) is 3.30. The number of hydrogen-bond donors (Lipinski definition) is 3. The lowest BCUT2D eigenvalue weighted by molar-refractivity contribution is 0.0817. The molecule has 0 heterocycles. The highest BCUT2D eigenvalue weighted by atomic mass is 19.1. The van der Waals surface area contributed by atoms with Gasteiger partial charge in [-0.05, 0) is 31.0 Å². The van der Waals surface area contributed by atoms with Gasteiger partial charge in [0.05, 0.1) is 17.8 Å². The number of benzene rings is 1. The molecule has 0 aromatic heterocycles. The number of carbonyl (C=O) groups is 1. The van der Waals surface area contributed by atoms with E-state index in [4.69, 9.17) is 5.73 Å². The van der Waals surface area contributed by atoms with Crippen molar-refractivity contribution in [3.63, 3.8) is 0 Å². The van der Waals surface area contributed by atoms with Crippen LogP contribution in [0.5, 0.6) is 0 Å². The van der Waals surface area contributed by atoms with Gasteiger partial charge in [-0.2, -0.15) is 0 Å². The van der Waals surface area contributed by atoms with Crippen molar-refractivity contribution >= 4 is 11.6 Å². The summed E-state index contributed by atoms with van der Waals surface area (Å²) in [6, 6.07) is 3.90. The van der Waals surface area contributed by atoms with Gasteiger partial charge in [0.25, 0.3) is 5.91 Å². The molecule has 1 amide bonds. The number of nitrogen functional groups attached to an aromatic ring is 1. The molecule has 4 N–H and O–H groups in total. The van der Waals surface area contributed by atoms with Crippen LogP contribution in [0.25, 0.3) is 0 Å². The molecule has 1 aromatic carbocycles. The van der Waals surface area contributed by atoms with Crippen molar-refractivity contribution in [2.75, 3.05) is 12.3 Å². The third-order valence-corrected chi connectivity index (χ3v) is 3.30. The summed E-state index contributed by atoms with van der Waals surface area (Å²) in [6.07, 6.45) is 1.20. The fourth-order valence-corrected chi connectivity index (χ4v) is 1.67. The van der Waals surface area contributed by atoms with Crippen molar-refractivity contribution in [3.05, 3.63) is 29.6 Å². The molecular formula is C13H19FN2O2. The minimum Gasteiger partial charge on any atom is -0.396 e. The van der Waals surface area contributed by atoms with E-state index in [9.17, 15) is 14.3 Å². The van der Waals surface area contributed by atoms with Crippen molar-refractivity contribution in [2.45, 2.75) is 32.2 Å². The minimum atomic E-state index is -0.658. The van der Waals surface area contributed by atoms with E-state index in [1.165, 1.54) is 12.1 Å². The summed E-state index contributed by atoms with van der Waals surface area (Å²) in [5, 5.41) is 12.1. The summed E-state index contributed by atoms with van der Waals surface area (Å²) >= 11 is 0. The second-order valence-electron chi connectivity index (χ2n) is 4.34. The monoisotopic (exact) mass is 254 g/mol. The third kappa shape index (κ3) is 2.98. The summed E-state index contributed by atoms with van der Waals surface area (Å²) in [5.41, 5.74) is 4.89. The summed E-state index contributed by atoms with van der Waals surface area (Å²) in [4.78, 5) is 12.0. The van der Waals surface area contributed by atoms with Crippen LogP contribution in [0.15, 0.2) is 18.2 Å². The van der Waals surface area contributed by atoms with Crippen molar-refractivity contribution in [1.82, 2.24) is 5.32 Å². The molecule has 5 heteroatoms. The molecule has 0 spiro atoms. The Morgan fingerprint density at radius 1 is 1.44 bits per heavy atom. The maximum Gasteiger partial charge on any atom is 0.251 e. The fourth-order valence-electron chi connectivity index (χ4n) is 1.67. The molecule has 100 valence electrons. The van der Waals surface area contributed by atoms with E-state index in [0.29, 0.717) is 12.8 Å². The number of anilines is 1. The topological polar surface area (TPSA) is 75.3 Å². The quantitative estimate of drug-likeness (QED) is 0.700. The molecule has 1 aromatic rings. The molecule has 0 aliphatic heterocycles. The highest BCUT2D eigenvalue weighted by molar-refractivity contribution is 5.95. The lowest BCUT2D eigenvalue weighted by atomic mass is 9.93. The Morgan fingerprint density at radius 2 is 2.06 bits per heavy atom. The first-order chi connectivity index (χ1) is 8.48. The lowest BCUT2D eigenvalue weighted by Gasteiger charge is -2.30. The minimum absolute atomic E-state index is 0.00551. The van der Waals surface area contributed by atoms with Gasteiger partial charge in [-0.25, -0.2) is 4.39 Å². The van der Waals surface area contributed by atoms with E-state index in [1.54, 1.807) is 0 Å². The van der Waals surface area contributed by atoms with Gasteiger partial charge < -0.3 is 16.2 Å². The van der Waals surface area contributed by atoms with Gasteiger partial charge in [0, 0.05) is 5.56 Å². The van der Waals surface area contributed by atoms with Gasteiger partial charge in [-0.15, -0.1) is 0 Å². The first kappa shape index (κ1) is 14.4. The van der Waals surface area contributed by atoms with Gasteiger partial charge in [-0.3, -0.25) is 4.79 Å². The van der Waals surface area contributed by atoms with E-state index in [0.717, 1.165) is 6.07 Å². The SMILES string of the molecule is CCC(CC)(CO)NC(=O)c1ccc(N)c(F)c1. The van der Waals surface area contributed by atoms with E-state index in [2.05, 4.69) is 5.32 Å². The van der Waals surface area contributed by atoms with Gasteiger partial charge >= 0.3 is 0 Å². The van der Waals surface area contributed by atoms with Crippen molar-refractivity contribution in [1.29, 1.82) is 0 Å². The predicted molar refractivity (Wildman–Crippen MR) is 68.7 cm³/mol. The van der Waals surface area contributed by atoms with Crippen LogP contribution in [0, 0.1) is 5.82 Å². The maximum atomic E-state index is 13.3. The maximum absolute atomic E-state index is 13.3. The summed E-state index contributed by atoms with van der Waals surface area (Å²) in [5.74, 6) is -1.03. The first-order valence-corrected chi connectivity index (χ1v) is 5.96. The molecule has 18 heavy (non-hydrogen) atoms. The van der Waals surface area contributed by atoms with Crippen LogP contribution in [-0.4, -0.2) is 23.2 Å². The molecule has 4 nitrogen and oxygen atoms in total. The van der Waals surface area contributed by atoms with Crippen molar-refractivity contribution in [3.8, 4) is 0 Å². The molecule has 0 atom stereocenters. The normalized spacial score (nSPS) is 11.3. The molecule has 0 aliphatic carbocycles. The molecule has 1 rings (SSSR count). The Hall–Kier alpha value is -1.62. The zero-order valence-electron chi connectivity index (χ0n) is 10.7. The van der Waals surface area contributed by atoms with Gasteiger partial charge in [0.1, 0.15) is 5.82 Å². The molecule has 0 fully saturated rings.